The molecule has 0 spiro atoms. The molecule has 4 rings (SSSR count). The molecule has 0 bridgehead atoms. The van der Waals surface area contributed by atoms with Gasteiger partial charge in [-0.15, -0.1) is 0 Å². The number of carbonyl (C=O) groups excluding carboxylic acids is 1. The Morgan fingerprint density at radius 1 is 0.897 bits per heavy atom. The number of aromatic nitrogens is 1. The van der Waals surface area contributed by atoms with Gasteiger partial charge in [-0.25, -0.2) is 9.18 Å². The lowest BCUT2D eigenvalue weighted by atomic mass is 9.99. The molecule has 0 atom stereocenters. The summed E-state index contributed by atoms with van der Waals surface area (Å²) in [5.41, 5.74) is 0.694. The molecular formula is C29H28F4N2O4. The van der Waals surface area contributed by atoms with Gasteiger partial charge < -0.3 is 23.7 Å². The molecule has 0 N–H and O–H groups in total. The van der Waals surface area contributed by atoms with E-state index in [9.17, 15) is 22.4 Å². The maximum Gasteiger partial charge on any atom is 0.416 e. The van der Waals surface area contributed by atoms with Gasteiger partial charge >= 0.3 is 12.3 Å². The van der Waals surface area contributed by atoms with Crippen LogP contribution in [0.1, 0.15) is 25.0 Å². The van der Waals surface area contributed by atoms with Gasteiger partial charge in [-0.2, -0.15) is 13.2 Å². The Bertz CT molecular complexity index is 1490. The molecule has 6 nitrogen and oxygen atoms in total. The van der Waals surface area contributed by atoms with E-state index < -0.39 is 23.7 Å². The first-order valence-corrected chi connectivity index (χ1v) is 12.3. The van der Waals surface area contributed by atoms with Crippen molar-refractivity contribution in [3.8, 4) is 28.4 Å². The molecule has 39 heavy (non-hydrogen) atoms. The first kappa shape index (κ1) is 27.8. The van der Waals surface area contributed by atoms with Crippen molar-refractivity contribution in [3.05, 3.63) is 77.7 Å². The van der Waals surface area contributed by atoms with Gasteiger partial charge in [-0.1, -0.05) is 12.1 Å². The molecule has 1 heterocycles. The topological polar surface area (TPSA) is 52.9 Å². The van der Waals surface area contributed by atoms with Crippen LogP contribution in [0, 0.1) is 5.82 Å². The third kappa shape index (κ3) is 5.64. The quantitative estimate of drug-likeness (QED) is 0.217. The molecule has 4 aromatic rings. The van der Waals surface area contributed by atoms with E-state index >= 15 is 0 Å². The van der Waals surface area contributed by atoms with Gasteiger partial charge in [0, 0.05) is 42.3 Å². The standard InChI is InChI=1S/C29H28F4N2O4/c1-5-34(6-2)28(36)39-25-12-10-23-21(27(25)18-8-11-24(37-3)26(15-18)38-4)13-14-35(23)17-19-7-9-20(30)16-22(19)29(31,32)33/h7-16H,5-6,17H2,1-4H3. The predicted molar refractivity (Wildman–Crippen MR) is 140 cm³/mol. The van der Waals surface area contributed by atoms with E-state index in [0.29, 0.717) is 52.7 Å². The SMILES string of the molecule is CCN(CC)C(=O)Oc1ccc2c(ccn2Cc2ccc(F)cc2C(F)(F)F)c1-c1ccc(OC)c(OC)c1. The summed E-state index contributed by atoms with van der Waals surface area (Å²) in [6, 6.07) is 12.9. The van der Waals surface area contributed by atoms with E-state index in [1.165, 1.54) is 19.1 Å². The molecule has 3 aromatic carbocycles. The summed E-state index contributed by atoms with van der Waals surface area (Å²) in [5.74, 6) is 0.276. The Morgan fingerprint density at radius 3 is 2.23 bits per heavy atom. The van der Waals surface area contributed by atoms with Crippen LogP contribution < -0.4 is 14.2 Å². The lowest BCUT2D eigenvalue weighted by molar-refractivity contribution is -0.138. The van der Waals surface area contributed by atoms with Crippen LogP contribution in [0.15, 0.2) is 60.8 Å². The van der Waals surface area contributed by atoms with Crippen molar-refractivity contribution < 1.29 is 36.6 Å². The van der Waals surface area contributed by atoms with Crippen molar-refractivity contribution >= 4 is 17.0 Å². The van der Waals surface area contributed by atoms with Crippen molar-refractivity contribution in [2.45, 2.75) is 26.6 Å². The van der Waals surface area contributed by atoms with Gasteiger partial charge in [0.1, 0.15) is 11.6 Å². The van der Waals surface area contributed by atoms with Gasteiger partial charge in [0.2, 0.25) is 0 Å². The maximum absolute atomic E-state index is 13.7. The van der Waals surface area contributed by atoms with Crippen LogP contribution in [0.2, 0.25) is 0 Å². The van der Waals surface area contributed by atoms with Crippen molar-refractivity contribution in [1.82, 2.24) is 9.47 Å². The van der Waals surface area contributed by atoms with E-state index in [0.717, 1.165) is 12.1 Å². The van der Waals surface area contributed by atoms with Crippen LogP contribution in [-0.4, -0.2) is 42.9 Å². The Balaban J connectivity index is 1.87. The zero-order valence-corrected chi connectivity index (χ0v) is 21.9. The number of ether oxygens (including phenoxy) is 3. The zero-order valence-electron chi connectivity index (χ0n) is 21.9. The fourth-order valence-corrected chi connectivity index (χ4v) is 4.54. The van der Waals surface area contributed by atoms with Crippen LogP contribution >= 0.6 is 0 Å². The van der Waals surface area contributed by atoms with Crippen LogP contribution in [0.4, 0.5) is 22.4 Å². The number of fused-ring (bicyclic) bond motifs is 1. The third-order valence-electron chi connectivity index (χ3n) is 6.52. The molecule has 0 aliphatic heterocycles. The second kappa shape index (κ2) is 11.3. The normalized spacial score (nSPS) is 11.5. The molecule has 1 amide bonds. The van der Waals surface area contributed by atoms with E-state index in [-0.39, 0.29) is 17.9 Å². The Labute approximate surface area is 223 Å². The predicted octanol–water partition coefficient (Wildman–Crippen LogP) is 7.37. The summed E-state index contributed by atoms with van der Waals surface area (Å²) in [7, 11) is 3.02. The number of methoxy groups -OCH3 is 2. The Morgan fingerprint density at radius 2 is 1.59 bits per heavy atom. The molecule has 0 radical (unpaired) electrons. The van der Waals surface area contributed by atoms with E-state index in [2.05, 4.69) is 0 Å². The first-order chi connectivity index (χ1) is 18.6. The summed E-state index contributed by atoms with van der Waals surface area (Å²) < 4.78 is 72.8. The smallest absolute Gasteiger partial charge is 0.416 e. The van der Waals surface area contributed by atoms with Crippen LogP contribution in [0.5, 0.6) is 17.2 Å². The molecule has 0 fully saturated rings. The number of hydrogen-bond donors (Lipinski definition) is 0. The molecule has 0 aliphatic carbocycles. The number of halogens is 4. The number of nitrogens with zero attached hydrogens (tertiary/aromatic N) is 2. The average molecular weight is 545 g/mol. The fourth-order valence-electron chi connectivity index (χ4n) is 4.54. The van der Waals surface area contributed by atoms with Gasteiger partial charge in [0.25, 0.3) is 0 Å². The Kier molecular flexibility index (Phi) is 8.03. The van der Waals surface area contributed by atoms with Crippen LogP contribution in [-0.2, 0) is 12.7 Å². The van der Waals surface area contributed by atoms with E-state index in [4.69, 9.17) is 14.2 Å². The van der Waals surface area contributed by atoms with Crippen molar-refractivity contribution in [3.63, 3.8) is 0 Å². The monoisotopic (exact) mass is 544 g/mol. The zero-order chi connectivity index (χ0) is 28.3. The molecule has 206 valence electrons. The fraction of sp³-hybridized carbons (Fsp3) is 0.276. The van der Waals surface area contributed by atoms with E-state index in [1.807, 2.05) is 13.8 Å². The highest BCUT2D eigenvalue weighted by molar-refractivity contribution is 6.00. The minimum Gasteiger partial charge on any atom is -0.493 e. The summed E-state index contributed by atoms with van der Waals surface area (Å²) in [4.78, 5) is 14.4. The number of carbonyl (C=O) groups is 1. The Hall–Kier alpha value is -4.21. The lowest BCUT2D eigenvalue weighted by Gasteiger charge is -2.20. The summed E-state index contributed by atoms with van der Waals surface area (Å²) in [5, 5.41) is 0.641. The third-order valence-corrected chi connectivity index (χ3v) is 6.52. The summed E-state index contributed by atoms with van der Waals surface area (Å²) >= 11 is 0. The minimum absolute atomic E-state index is 0.0777. The van der Waals surface area contributed by atoms with Gasteiger partial charge in [0.05, 0.1) is 19.8 Å². The summed E-state index contributed by atoms with van der Waals surface area (Å²) in [6.45, 7) is 4.45. The van der Waals surface area contributed by atoms with Crippen molar-refractivity contribution in [2.24, 2.45) is 0 Å². The molecular weight excluding hydrogens is 516 g/mol. The highest BCUT2D eigenvalue weighted by Gasteiger charge is 2.34. The molecule has 0 saturated heterocycles. The highest BCUT2D eigenvalue weighted by atomic mass is 19.4. The van der Waals surface area contributed by atoms with Gasteiger partial charge in [-0.05, 0) is 67.4 Å². The van der Waals surface area contributed by atoms with Crippen LogP contribution in [0.3, 0.4) is 0 Å². The van der Waals surface area contributed by atoms with Crippen molar-refractivity contribution in [2.75, 3.05) is 27.3 Å². The number of amides is 1. The first-order valence-electron chi connectivity index (χ1n) is 12.3. The summed E-state index contributed by atoms with van der Waals surface area (Å²) in [6.07, 6.45) is -3.59. The molecule has 0 aliphatic rings. The highest BCUT2D eigenvalue weighted by Crippen LogP contribution is 2.42. The maximum atomic E-state index is 13.7. The second-order valence-corrected chi connectivity index (χ2v) is 8.72. The molecule has 10 heteroatoms. The number of rotatable bonds is 8. The molecule has 0 unspecified atom stereocenters. The second-order valence-electron chi connectivity index (χ2n) is 8.72. The molecule has 0 saturated carbocycles. The lowest BCUT2D eigenvalue weighted by Crippen LogP contribution is -2.33. The van der Waals surface area contributed by atoms with Crippen molar-refractivity contribution in [1.29, 1.82) is 0 Å². The number of alkyl halides is 3. The van der Waals surface area contributed by atoms with Gasteiger partial charge in [0.15, 0.2) is 11.5 Å². The minimum atomic E-state index is -4.71. The molecule has 1 aromatic heterocycles. The average Bonchev–Trinajstić information content (AvgIpc) is 3.31. The van der Waals surface area contributed by atoms with Crippen LogP contribution in [0.25, 0.3) is 22.0 Å². The van der Waals surface area contributed by atoms with E-state index in [1.54, 1.807) is 47.2 Å². The number of benzene rings is 3. The number of hydrogen-bond acceptors (Lipinski definition) is 4. The largest absolute Gasteiger partial charge is 0.493 e. The van der Waals surface area contributed by atoms with Gasteiger partial charge in [-0.3, -0.25) is 0 Å².